The zero-order valence-electron chi connectivity index (χ0n) is 21.7. The summed E-state index contributed by atoms with van der Waals surface area (Å²) >= 11 is 0. The molecule has 4 aromatic rings. The summed E-state index contributed by atoms with van der Waals surface area (Å²) in [5, 5.41) is 1.05. The molecule has 0 aliphatic heterocycles. The molecule has 36 heavy (non-hydrogen) atoms. The molecular formula is C32H35NO3. The number of hydrogen-bond donors (Lipinski definition) is 0. The fraction of sp³-hybridized carbons (Fsp3) is 0.344. The fourth-order valence-electron chi connectivity index (χ4n) is 4.72. The van der Waals surface area contributed by atoms with Crippen LogP contribution >= 0.6 is 0 Å². The maximum absolute atomic E-state index is 13.4. The van der Waals surface area contributed by atoms with Crippen LogP contribution in [-0.4, -0.2) is 23.8 Å². The second kappa shape index (κ2) is 9.85. The van der Waals surface area contributed by atoms with Crippen molar-refractivity contribution >= 4 is 16.9 Å². The van der Waals surface area contributed by atoms with Gasteiger partial charge >= 0.3 is 5.97 Å². The van der Waals surface area contributed by atoms with Crippen molar-refractivity contribution < 1.29 is 14.3 Å². The summed E-state index contributed by atoms with van der Waals surface area (Å²) in [5.74, 6) is 1.28. The van der Waals surface area contributed by atoms with E-state index in [2.05, 4.69) is 73.9 Å². The van der Waals surface area contributed by atoms with E-state index in [1.165, 1.54) is 18.4 Å². The summed E-state index contributed by atoms with van der Waals surface area (Å²) in [7, 11) is 0. The van der Waals surface area contributed by atoms with E-state index in [9.17, 15) is 4.79 Å². The highest BCUT2D eigenvalue weighted by atomic mass is 16.5. The minimum absolute atomic E-state index is 0.0586. The molecule has 4 nitrogen and oxygen atoms in total. The average Bonchev–Trinajstić information content (AvgIpc) is 3.64. The van der Waals surface area contributed by atoms with Gasteiger partial charge in [0, 0.05) is 23.0 Å². The monoisotopic (exact) mass is 481 g/mol. The van der Waals surface area contributed by atoms with Crippen molar-refractivity contribution in [1.82, 2.24) is 4.57 Å². The Balaban J connectivity index is 1.61. The van der Waals surface area contributed by atoms with Gasteiger partial charge in [0.25, 0.3) is 0 Å². The number of ether oxygens (including phenoxy) is 2. The molecule has 1 aliphatic carbocycles. The predicted molar refractivity (Wildman–Crippen MR) is 146 cm³/mol. The standard InChI is InChI=1S/C32H35NO3/c1-5-35-31(34)30-29(24-15-17-25(18-16-24)32(2,3)4)27-11-6-7-12-28(27)33(30)20-23-9-8-10-26(19-23)36-21-22-13-14-22/h6-12,15-19,22H,5,13-14,20-21H2,1-4H3. The molecular weight excluding hydrogens is 446 g/mol. The first-order chi connectivity index (χ1) is 17.3. The summed E-state index contributed by atoms with van der Waals surface area (Å²) in [4.78, 5) is 13.4. The van der Waals surface area contributed by atoms with Gasteiger partial charge in [-0.15, -0.1) is 0 Å². The molecule has 0 N–H and O–H groups in total. The third-order valence-corrected chi connectivity index (χ3v) is 6.90. The molecule has 5 rings (SSSR count). The first-order valence-electron chi connectivity index (χ1n) is 13.0. The van der Waals surface area contributed by atoms with E-state index in [0.29, 0.717) is 24.8 Å². The number of carbonyl (C=O) groups is 1. The highest BCUT2D eigenvalue weighted by molar-refractivity contribution is 6.08. The highest BCUT2D eigenvalue weighted by Crippen LogP contribution is 2.37. The molecule has 0 spiro atoms. The molecule has 186 valence electrons. The third kappa shape index (κ3) is 5.04. The van der Waals surface area contributed by atoms with Crippen molar-refractivity contribution in [2.24, 2.45) is 5.92 Å². The molecule has 0 bridgehead atoms. The predicted octanol–water partition coefficient (Wildman–Crippen LogP) is 7.62. The maximum Gasteiger partial charge on any atom is 0.355 e. The molecule has 1 fully saturated rings. The van der Waals surface area contributed by atoms with Crippen molar-refractivity contribution in [2.75, 3.05) is 13.2 Å². The second-order valence-electron chi connectivity index (χ2n) is 10.8. The fourth-order valence-corrected chi connectivity index (χ4v) is 4.72. The van der Waals surface area contributed by atoms with Crippen molar-refractivity contribution in [3.63, 3.8) is 0 Å². The number of hydrogen-bond acceptors (Lipinski definition) is 3. The number of aromatic nitrogens is 1. The Kier molecular flexibility index (Phi) is 6.61. The molecule has 0 amide bonds. The van der Waals surface area contributed by atoms with Crippen LogP contribution in [0.5, 0.6) is 5.75 Å². The number of nitrogens with zero attached hydrogens (tertiary/aromatic N) is 1. The summed E-state index contributed by atoms with van der Waals surface area (Å²) in [6.07, 6.45) is 2.52. The van der Waals surface area contributed by atoms with E-state index in [4.69, 9.17) is 9.47 Å². The normalized spacial score (nSPS) is 13.7. The molecule has 3 aromatic carbocycles. The van der Waals surface area contributed by atoms with Crippen LogP contribution in [0.2, 0.25) is 0 Å². The molecule has 0 radical (unpaired) electrons. The van der Waals surface area contributed by atoms with Crippen LogP contribution in [0.3, 0.4) is 0 Å². The van der Waals surface area contributed by atoms with E-state index in [-0.39, 0.29) is 11.4 Å². The van der Waals surface area contributed by atoms with Crippen LogP contribution in [0, 0.1) is 5.92 Å². The second-order valence-corrected chi connectivity index (χ2v) is 10.8. The zero-order valence-corrected chi connectivity index (χ0v) is 21.7. The van der Waals surface area contributed by atoms with Crippen molar-refractivity contribution in [3.05, 3.63) is 89.6 Å². The first kappa shape index (κ1) is 24.2. The lowest BCUT2D eigenvalue weighted by Gasteiger charge is -2.19. The molecule has 1 heterocycles. The van der Waals surface area contributed by atoms with Crippen LogP contribution in [0.25, 0.3) is 22.0 Å². The van der Waals surface area contributed by atoms with Crippen molar-refractivity contribution in [3.8, 4) is 16.9 Å². The SMILES string of the molecule is CCOC(=O)c1c(-c2ccc(C(C)(C)C)cc2)c2ccccc2n1Cc1cccc(OCC2CC2)c1. The minimum atomic E-state index is -0.301. The Morgan fingerprint density at radius 3 is 2.42 bits per heavy atom. The Morgan fingerprint density at radius 2 is 1.72 bits per heavy atom. The Labute approximate surface area is 213 Å². The van der Waals surface area contributed by atoms with Crippen LogP contribution in [0.1, 0.15) is 62.2 Å². The molecule has 0 atom stereocenters. The van der Waals surface area contributed by atoms with Gasteiger partial charge in [-0.05, 0) is 66.0 Å². The largest absolute Gasteiger partial charge is 0.493 e. The van der Waals surface area contributed by atoms with Crippen LogP contribution in [-0.2, 0) is 16.7 Å². The first-order valence-corrected chi connectivity index (χ1v) is 13.0. The number of carbonyl (C=O) groups excluding carboxylic acids is 1. The van der Waals surface area contributed by atoms with E-state index in [1.807, 2.05) is 31.2 Å². The molecule has 0 unspecified atom stereocenters. The number of para-hydroxylation sites is 1. The van der Waals surface area contributed by atoms with E-state index in [0.717, 1.165) is 39.9 Å². The molecule has 0 saturated heterocycles. The number of benzene rings is 3. The van der Waals surface area contributed by atoms with Gasteiger partial charge < -0.3 is 14.0 Å². The number of esters is 1. The highest BCUT2D eigenvalue weighted by Gasteiger charge is 2.26. The lowest BCUT2D eigenvalue weighted by Crippen LogP contribution is -2.14. The van der Waals surface area contributed by atoms with E-state index < -0.39 is 0 Å². The number of rotatable bonds is 8. The average molecular weight is 482 g/mol. The Morgan fingerprint density at radius 1 is 0.972 bits per heavy atom. The van der Waals surface area contributed by atoms with Crippen molar-refractivity contribution in [1.29, 1.82) is 0 Å². The van der Waals surface area contributed by atoms with Gasteiger partial charge in [0.15, 0.2) is 0 Å². The van der Waals surface area contributed by atoms with Gasteiger partial charge in [0.1, 0.15) is 11.4 Å². The van der Waals surface area contributed by atoms with E-state index >= 15 is 0 Å². The maximum atomic E-state index is 13.4. The van der Waals surface area contributed by atoms with Gasteiger partial charge in [-0.2, -0.15) is 0 Å². The van der Waals surface area contributed by atoms with Crippen LogP contribution in [0.4, 0.5) is 0 Å². The Hall–Kier alpha value is -3.53. The van der Waals surface area contributed by atoms with Gasteiger partial charge in [0.05, 0.1) is 13.2 Å². The summed E-state index contributed by atoms with van der Waals surface area (Å²) in [6, 6.07) is 25.0. The topological polar surface area (TPSA) is 40.5 Å². The lowest BCUT2D eigenvalue weighted by atomic mass is 9.86. The van der Waals surface area contributed by atoms with Crippen molar-refractivity contribution in [2.45, 2.75) is 52.5 Å². The molecule has 1 aromatic heterocycles. The third-order valence-electron chi connectivity index (χ3n) is 6.90. The van der Waals surface area contributed by atoms with Gasteiger partial charge in [-0.1, -0.05) is 75.4 Å². The summed E-state index contributed by atoms with van der Waals surface area (Å²) in [6.45, 7) is 10.1. The minimum Gasteiger partial charge on any atom is -0.493 e. The molecule has 1 saturated carbocycles. The molecule has 1 aliphatic rings. The van der Waals surface area contributed by atoms with Crippen LogP contribution in [0.15, 0.2) is 72.8 Å². The molecule has 4 heteroatoms. The smallest absolute Gasteiger partial charge is 0.355 e. The van der Waals surface area contributed by atoms with E-state index in [1.54, 1.807) is 0 Å². The van der Waals surface area contributed by atoms with Gasteiger partial charge in [-0.25, -0.2) is 4.79 Å². The number of fused-ring (bicyclic) bond motifs is 1. The zero-order chi connectivity index (χ0) is 25.3. The Bertz CT molecular complexity index is 1370. The summed E-state index contributed by atoms with van der Waals surface area (Å²) in [5.41, 5.74) is 5.95. The lowest BCUT2D eigenvalue weighted by molar-refractivity contribution is 0.0516. The van der Waals surface area contributed by atoms with Gasteiger partial charge in [-0.3, -0.25) is 0 Å². The quantitative estimate of drug-likeness (QED) is 0.243. The van der Waals surface area contributed by atoms with Crippen LogP contribution < -0.4 is 4.74 Å². The summed E-state index contributed by atoms with van der Waals surface area (Å²) < 4.78 is 13.7. The van der Waals surface area contributed by atoms with Gasteiger partial charge in [0.2, 0.25) is 0 Å².